The maximum Gasteiger partial charge on any atom is 0.411 e. The van der Waals surface area contributed by atoms with Crippen molar-refractivity contribution in [2.75, 3.05) is 28.2 Å². The van der Waals surface area contributed by atoms with Crippen LogP contribution in [0.1, 0.15) is 49.8 Å². The third-order valence-corrected chi connectivity index (χ3v) is 6.48. The van der Waals surface area contributed by atoms with Crippen molar-refractivity contribution < 1.29 is 17.9 Å². The van der Waals surface area contributed by atoms with Crippen molar-refractivity contribution in [2.24, 2.45) is 0 Å². The van der Waals surface area contributed by atoms with Gasteiger partial charge in [-0.15, -0.1) is 0 Å². The highest BCUT2D eigenvalue weighted by Gasteiger charge is 2.34. The third kappa shape index (κ3) is 5.31. The molecule has 1 amide bonds. The molecule has 3 rings (SSSR count). The monoisotopic (exact) mass is 445 g/mol. The first-order valence-electron chi connectivity index (χ1n) is 10.3. The topological polar surface area (TPSA) is 87.7 Å². The number of nitrogens with zero attached hydrogens (tertiary/aromatic N) is 1. The molecule has 7 nitrogen and oxygen atoms in total. The normalized spacial score (nSPS) is 17.6. The molecular formula is C23H31N3O4S. The molecule has 0 fully saturated rings. The van der Waals surface area contributed by atoms with E-state index in [-0.39, 0.29) is 12.1 Å². The summed E-state index contributed by atoms with van der Waals surface area (Å²) in [6.07, 6.45) is 1.51. The number of amides is 1. The maximum atomic E-state index is 12.5. The van der Waals surface area contributed by atoms with Gasteiger partial charge in [0.25, 0.3) is 0 Å². The number of carbonyl (C=O) groups excluding carboxylic acids is 1. The number of anilines is 3. The Morgan fingerprint density at radius 3 is 2.58 bits per heavy atom. The number of fused-ring (bicyclic) bond motifs is 1. The van der Waals surface area contributed by atoms with Gasteiger partial charge < -0.3 is 9.64 Å². The van der Waals surface area contributed by atoms with Crippen LogP contribution >= 0.6 is 0 Å². The molecule has 168 valence electrons. The summed E-state index contributed by atoms with van der Waals surface area (Å²) in [6.45, 7) is 8.59. The zero-order valence-electron chi connectivity index (χ0n) is 18.9. The molecule has 2 N–H and O–H groups in total. The minimum atomic E-state index is -3.43. The first-order chi connectivity index (χ1) is 14.4. The molecule has 1 atom stereocenters. The van der Waals surface area contributed by atoms with Crippen molar-refractivity contribution in [3.05, 3.63) is 53.1 Å². The van der Waals surface area contributed by atoms with E-state index in [1.165, 1.54) is 11.3 Å². The van der Waals surface area contributed by atoms with Crippen molar-refractivity contribution in [3.63, 3.8) is 0 Å². The van der Waals surface area contributed by atoms with E-state index in [0.29, 0.717) is 22.9 Å². The van der Waals surface area contributed by atoms with Gasteiger partial charge in [0.05, 0.1) is 11.9 Å². The minimum Gasteiger partial charge on any atom is -0.444 e. The summed E-state index contributed by atoms with van der Waals surface area (Å²) in [4.78, 5) is 14.8. The average molecular weight is 446 g/mol. The second-order valence-corrected chi connectivity index (χ2v) is 10.7. The van der Waals surface area contributed by atoms with Crippen LogP contribution in [-0.2, 0) is 21.4 Å². The van der Waals surface area contributed by atoms with Crippen LogP contribution in [0.25, 0.3) is 0 Å². The number of ether oxygens (including phenoxy) is 1. The van der Waals surface area contributed by atoms with Gasteiger partial charge in [0.15, 0.2) is 0 Å². The van der Waals surface area contributed by atoms with Gasteiger partial charge in [-0.25, -0.2) is 13.2 Å². The van der Waals surface area contributed by atoms with E-state index in [1.54, 1.807) is 24.3 Å². The molecule has 8 heteroatoms. The predicted octanol–water partition coefficient (Wildman–Crippen LogP) is 4.84. The van der Waals surface area contributed by atoms with Crippen molar-refractivity contribution >= 4 is 33.2 Å². The Morgan fingerprint density at radius 1 is 1.23 bits per heavy atom. The number of sulfonamides is 1. The molecule has 0 saturated heterocycles. The number of carbonyl (C=O) groups is 1. The second-order valence-electron chi connectivity index (χ2n) is 8.94. The SMILES string of the molecule is Cc1cc2c(cc1NC(=O)OCc1ccccc1NS(C)(=O)=O)C(C)CC(C)(C)N2C. The van der Waals surface area contributed by atoms with Crippen LogP contribution in [0.2, 0.25) is 0 Å². The summed E-state index contributed by atoms with van der Waals surface area (Å²) in [5.41, 5.74) is 5.08. The van der Waals surface area contributed by atoms with Crippen molar-refractivity contribution in [3.8, 4) is 0 Å². The molecule has 1 unspecified atom stereocenters. The van der Waals surface area contributed by atoms with Crippen molar-refractivity contribution in [2.45, 2.75) is 52.2 Å². The lowest BCUT2D eigenvalue weighted by Crippen LogP contribution is -2.45. The van der Waals surface area contributed by atoms with Gasteiger partial charge in [-0.3, -0.25) is 10.0 Å². The van der Waals surface area contributed by atoms with Crippen LogP contribution in [0.4, 0.5) is 21.9 Å². The Hall–Kier alpha value is -2.74. The largest absolute Gasteiger partial charge is 0.444 e. The molecule has 1 aliphatic rings. The molecule has 0 saturated carbocycles. The summed E-state index contributed by atoms with van der Waals surface area (Å²) < 4.78 is 30.9. The van der Waals surface area contributed by atoms with Crippen LogP contribution in [0.3, 0.4) is 0 Å². The van der Waals surface area contributed by atoms with Gasteiger partial charge in [0.2, 0.25) is 10.0 Å². The average Bonchev–Trinajstić information content (AvgIpc) is 2.65. The molecule has 0 spiro atoms. The lowest BCUT2D eigenvalue weighted by molar-refractivity contribution is 0.155. The van der Waals surface area contributed by atoms with Gasteiger partial charge in [-0.05, 0) is 62.4 Å². The molecule has 1 aliphatic heterocycles. The fourth-order valence-corrected chi connectivity index (χ4v) is 4.68. The highest BCUT2D eigenvalue weighted by molar-refractivity contribution is 7.92. The first-order valence-corrected chi connectivity index (χ1v) is 12.1. The zero-order chi connectivity index (χ0) is 23.0. The number of aryl methyl sites for hydroxylation is 1. The van der Waals surface area contributed by atoms with Crippen molar-refractivity contribution in [1.29, 1.82) is 0 Å². The summed E-state index contributed by atoms with van der Waals surface area (Å²) in [7, 11) is -1.32. The smallest absolute Gasteiger partial charge is 0.411 e. The van der Waals surface area contributed by atoms with Crippen LogP contribution < -0.4 is 14.9 Å². The first kappa shape index (κ1) is 22.9. The van der Waals surface area contributed by atoms with E-state index >= 15 is 0 Å². The van der Waals surface area contributed by atoms with E-state index in [0.717, 1.165) is 18.2 Å². The standard InChI is InChI=1S/C23H31N3O4S/c1-15-11-21-18(16(2)13-23(3,4)26(21)5)12-20(15)24-22(27)30-14-17-9-7-8-10-19(17)25-31(6,28)29/h7-12,16,25H,13-14H2,1-6H3,(H,24,27). The van der Waals surface area contributed by atoms with E-state index < -0.39 is 16.1 Å². The quantitative estimate of drug-likeness (QED) is 0.688. The predicted molar refractivity (Wildman–Crippen MR) is 125 cm³/mol. The summed E-state index contributed by atoms with van der Waals surface area (Å²) in [5, 5.41) is 2.84. The number of para-hydroxylation sites is 1. The van der Waals surface area contributed by atoms with Crippen LogP contribution in [0, 0.1) is 6.92 Å². The summed E-state index contributed by atoms with van der Waals surface area (Å²) >= 11 is 0. The van der Waals surface area contributed by atoms with Crippen LogP contribution in [0.15, 0.2) is 36.4 Å². The van der Waals surface area contributed by atoms with Gasteiger partial charge >= 0.3 is 6.09 Å². The zero-order valence-corrected chi connectivity index (χ0v) is 19.8. The molecule has 2 aromatic rings. The summed E-state index contributed by atoms with van der Waals surface area (Å²) in [6, 6.07) is 11.0. The van der Waals surface area contributed by atoms with E-state index in [9.17, 15) is 13.2 Å². The molecular weight excluding hydrogens is 414 g/mol. The number of benzene rings is 2. The molecule has 0 aliphatic carbocycles. The Bertz CT molecular complexity index is 1100. The molecule has 31 heavy (non-hydrogen) atoms. The van der Waals surface area contributed by atoms with E-state index in [2.05, 4.69) is 48.8 Å². The van der Waals surface area contributed by atoms with Gasteiger partial charge in [-0.1, -0.05) is 25.1 Å². The Morgan fingerprint density at radius 2 is 1.90 bits per heavy atom. The Labute approximate surface area is 184 Å². The lowest BCUT2D eigenvalue weighted by Gasteiger charge is -2.45. The minimum absolute atomic E-state index is 0.0537. The molecule has 0 bridgehead atoms. The fourth-order valence-electron chi connectivity index (χ4n) is 4.09. The lowest BCUT2D eigenvalue weighted by atomic mass is 9.80. The number of hydrogen-bond donors (Lipinski definition) is 2. The highest BCUT2D eigenvalue weighted by Crippen LogP contribution is 2.44. The fraction of sp³-hybridized carbons (Fsp3) is 0.435. The number of hydrogen-bond acceptors (Lipinski definition) is 5. The van der Waals surface area contributed by atoms with Gasteiger partial charge in [0.1, 0.15) is 6.61 Å². The second kappa shape index (κ2) is 8.42. The summed E-state index contributed by atoms with van der Waals surface area (Å²) in [5.74, 6) is 0.368. The van der Waals surface area contributed by atoms with Gasteiger partial charge in [0, 0.05) is 29.5 Å². The third-order valence-electron chi connectivity index (χ3n) is 5.89. The highest BCUT2D eigenvalue weighted by atomic mass is 32.2. The van der Waals surface area contributed by atoms with Crippen LogP contribution in [0.5, 0.6) is 0 Å². The molecule has 1 heterocycles. The molecule has 2 aromatic carbocycles. The van der Waals surface area contributed by atoms with E-state index in [4.69, 9.17) is 4.74 Å². The Balaban J connectivity index is 1.73. The number of rotatable bonds is 5. The molecule has 0 aromatic heterocycles. The van der Waals surface area contributed by atoms with Gasteiger partial charge in [-0.2, -0.15) is 0 Å². The van der Waals surface area contributed by atoms with Crippen LogP contribution in [-0.4, -0.2) is 33.4 Å². The maximum absolute atomic E-state index is 12.5. The van der Waals surface area contributed by atoms with Crippen molar-refractivity contribution in [1.82, 2.24) is 0 Å². The molecule has 0 radical (unpaired) electrons. The Kier molecular flexibility index (Phi) is 6.23. The number of nitrogens with one attached hydrogen (secondary N) is 2. The van der Waals surface area contributed by atoms with E-state index in [1.807, 2.05) is 13.0 Å².